The van der Waals surface area contributed by atoms with Gasteiger partial charge in [-0.25, -0.2) is 0 Å². The maximum absolute atomic E-state index is 6.52. The minimum Gasteiger partial charge on any atom is -0.419 e. The quantitative estimate of drug-likeness (QED) is 0.0907. The molecule has 202 valence electrons. The van der Waals surface area contributed by atoms with Crippen LogP contribution in [0.25, 0.3) is 0 Å². The topological polar surface area (TPSA) is 35.2 Å². The summed E-state index contributed by atoms with van der Waals surface area (Å²) in [6.07, 6.45) is 27.4. The zero-order valence-corrected chi connectivity index (χ0v) is 26.7. The Kier molecular flexibility index (Phi) is 27.9. The van der Waals surface area contributed by atoms with Gasteiger partial charge in [-0.2, -0.15) is 0 Å². The number of hydrogen-bond acceptors (Lipinski definition) is 2. The monoisotopic (exact) mass is 549 g/mol. The van der Waals surface area contributed by atoms with Crippen molar-refractivity contribution in [3.8, 4) is 0 Å². The van der Waals surface area contributed by atoms with Gasteiger partial charge in [0.25, 0.3) is 0 Å². The Balaban J connectivity index is 0. The summed E-state index contributed by atoms with van der Waals surface area (Å²) in [4.78, 5) is 0. The average molecular weight is 551 g/mol. The zero-order chi connectivity index (χ0) is 23.9. The van der Waals surface area contributed by atoms with Crippen LogP contribution in [0.2, 0.25) is 6.04 Å². The van der Waals surface area contributed by atoms with Crippen LogP contribution in [0.4, 0.5) is 0 Å². The first-order valence-corrected chi connectivity index (χ1v) is 16.4. The number of rotatable bonds is 25. The highest BCUT2D eigenvalue weighted by Crippen LogP contribution is 2.24. The summed E-state index contributed by atoms with van der Waals surface area (Å²) < 4.78 is 6.19. The molecule has 2 N–H and O–H groups in total. The van der Waals surface area contributed by atoms with E-state index in [1.54, 1.807) is 0 Å². The molecule has 0 fully saturated rings. The smallest absolute Gasteiger partial charge is 0.162 e. The van der Waals surface area contributed by atoms with Gasteiger partial charge in [-0.05, 0) is 51.5 Å². The molecule has 0 saturated carbocycles. The van der Waals surface area contributed by atoms with E-state index in [2.05, 4.69) is 34.6 Å². The van der Waals surface area contributed by atoms with Crippen molar-refractivity contribution in [2.45, 2.75) is 181 Å². The average Bonchev–Trinajstić information content (AvgIpc) is 2.78. The maximum Gasteiger partial charge on any atom is 0.162 e. The van der Waals surface area contributed by atoms with Gasteiger partial charge in [0, 0.05) is 11.6 Å². The van der Waals surface area contributed by atoms with Crippen molar-refractivity contribution < 1.29 is 4.43 Å². The Bertz CT molecular complexity index is 381. The van der Waals surface area contributed by atoms with Crippen LogP contribution in [0.1, 0.15) is 163 Å². The second kappa shape index (κ2) is 25.7. The largest absolute Gasteiger partial charge is 0.419 e. The van der Waals surface area contributed by atoms with E-state index >= 15 is 0 Å². The molecule has 0 heterocycles. The Morgan fingerprint density at radius 3 is 1.67 bits per heavy atom. The van der Waals surface area contributed by atoms with Crippen LogP contribution < -0.4 is 5.73 Å². The van der Waals surface area contributed by atoms with E-state index in [9.17, 15) is 0 Å². The van der Waals surface area contributed by atoms with E-state index in [1.165, 1.54) is 128 Å². The lowest BCUT2D eigenvalue weighted by molar-refractivity contribution is 0.111. The first-order chi connectivity index (χ1) is 15.4. The molecule has 0 aliphatic heterocycles. The fourth-order valence-electron chi connectivity index (χ4n) is 4.59. The normalized spacial score (nSPS) is 14.0. The van der Waals surface area contributed by atoms with Crippen LogP contribution in [0, 0.1) is 5.92 Å². The first-order valence-electron chi connectivity index (χ1n) is 14.8. The minimum absolute atomic E-state index is 0. The molecule has 0 amide bonds. The highest BCUT2D eigenvalue weighted by atomic mass is 79.9. The molecule has 0 rings (SSSR count). The van der Waals surface area contributed by atoms with Gasteiger partial charge in [0.2, 0.25) is 0 Å². The molecule has 0 spiro atoms. The molecule has 0 aromatic heterocycles. The van der Waals surface area contributed by atoms with Gasteiger partial charge in [-0.1, -0.05) is 124 Å². The zero-order valence-electron chi connectivity index (χ0n) is 23.6. The number of hydrogen-bond donors (Lipinski definition) is 1. The van der Waals surface area contributed by atoms with Gasteiger partial charge in [-0.15, -0.1) is 17.0 Å². The summed E-state index contributed by atoms with van der Waals surface area (Å²) in [5, 5.41) is 0. The third-order valence-electron chi connectivity index (χ3n) is 7.44. The Morgan fingerprint density at radius 1 is 0.636 bits per heavy atom. The van der Waals surface area contributed by atoms with Crippen LogP contribution in [0.5, 0.6) is 0 Å². The van der Waals surface area contributed by atoms with E-state index in [4.69, 9.17) is 10.2 Å². The minimum atomic E-state index is -0.355. The van der Waals surface area contributed by atoms with Gasteiger partial charge >= 0.3 is 0 Å². The molecule has 2 atom stereocenters. The Morgan fingerprint density at radius 2 is 1.12 bits per heavy atom. The molecule has 0 aliphatic rings. The van der Waals surface area contributed by atoms with Crippen LogP contribution in [0.3, 0.4) is 0 Å². The number of unbranched alkanes of at least 4 members (excludes halogenated alkanes) is 11. The number of nitrogens with two attached hydrogens (primary N) is 1. The van der Waals surface area contributed by atoms with Crippen LogP contribution >= 0.6 is 17.0 Å². The van der Waals surface area contributed by atoms with Crippen molar-refractivity contribution in [1.82, 2.24) is 0 Å². The maximum atomic E-state index is 6.52. The third-order valence-corrected chi connectivity index (χ3v) is 9.22. The van der Waals surface area contributed by atoms with E-state index < -0.39 is 0 Å². The lowest BCUT2D eigenvalue weighted by atomic mass is 9.89. The van der Waals surface area contributed by atoms with Crippen LogP contribution in [0.15, 0.2) is 0 Å². The SMILES string of the molecule is Br.CCCCCCCCCCC(N)CCC(CCCCCCC)CCC[SiH2]OC(C)(C)CC. The molecular weight excluding hydrogens is 486 g/mol. The molecular formula is C29H64BrNOSi. The van der Waals surface area contributed by atoms with E-state index in [0.29, 0.717) is 6.04 Å². The molecule has 0 aliphatic carbocycles. The van der Waals surface area contributed by atoms with Crippen molar-refractivity contribution >= 4 is 26.7 Å². The molecule has 0 radical (unpaired) electrons. The van der Waals surface area contributed by atoms with E-state index in [0.717, 1.165) is 12.3 Å². The van der Waals surface area contributed by atoms with Gasteiger partial charge in [0.1, 0.15) is 0 Å². The molecule has 0 bridgehead atoms. The van der Waals surface area contributed by atoms with E-state index in [1.807, 2.05) is 0 Å². The Labute approximate surface area is 223 Å². The highest BCUT2D eigenvalue weighted by molar-refractivity contribution is 8.93. The molecule has 0 saturated heterocycles. The second-order valence-corrected chi connectivity index (χ2v) is 12.5. The number of halogens is 1. The fraction of sp³-hybridized carbons (Fsp3) is 1.00. The summed E-state index contributed by atoms with van der Waals surface area (Å²) in [6.45, 7) is 11.3. The molecule has 0 aromatic rings. The van der Waals surface area contributed by atoms with E-state index in [-0.39, 0.29) is 32.3 Å². The van der Waals surface area contributed by atoms with Crippen LogP contribution in [-0.2, 0) is 4.43 Å². The summed E-state index contributed by atoms with van der Waals surface area (Å²) >= 11 is 0. The fourth-order valence-corrected chi connectivity index (χ4v) is 5.98. The van der Waals surface area contributed by atoms with Crippen molar-refractivity contribution in [2.75, 3.05) is 0 Å². The third kappa shape index (κ3) is 25.5. The van der Waals surface area contributed by atoms with Crippen molar-refractivity contribution in [3.63, 3.8) is 0 Å². The lowest BCUT2D eigenvalue weighted by Gasteiger charge is -2.24. The van der Waals surface area contributed by atoms with Gasteiger partial charge in [-0.3, -0.25) is 0 Å². The molecule has 33 heavy (non-hydrogen) atoms. The molecule has 4 heteroatoms. The predicted molar refractivity (Wildman–Crippen MR) is 160 cm³/mol. The molecule has 0 aromatic carbocycles. The summed E-state index contributed by atoms with van der Waals surface area (Å²) in [5.41, 5.74) is 6.63. The Hall–Kier alpha value is 0.617. The van der Waals surface area contributed by atoms with Crippen molar-refractivity contribution in [3.05, 3.63) is 0 Å². The van der Waals surface area contributed by atoms with Gasteiger partial charge in [0.15, 0.2) is 9.76 Å². The highest BCUT2D eigenvalue weighted by Gasteiger charge is 2.15. The van der Waals surface area contributed by atoms with Gasteiger partial charge in [0.05, 0.1) is 0 Å². The lowest BCUT2D eigenvalue weighted by Crippen LogP contribution is -2.25. The van der Waals surface area contributed by atoms with Crippen molar-refractivity contribution in [1.29, 1.82) is 0 Å². The standard InChI is InChI=1S/C29H63NOSi.BrH/c1-6-9-11-13-14-15-17-19-23-28(30)25-24-27(21-18-16-12-10-7-2)22-20-26-32-31-29(4,5)8-3;/h27-28H,6-26,30,32H2,1-5H3;1H. The van der Waals surface area contributed by atoms with Gasteiger partial charge < -0.3 is 10.2 Å². The predicted octanol–water partition coefficient (Wildman–Crippen LogP) is 9.67. The molecule has 2 unspecified atom stereocenters. The summed E-state index contributed by atoms with van der Waals surface area (Å²) in [7, 11) is -0.355. The molecule has 2 nitrogen and oxygen atoms in total. The summed E-state index contributed by atoms with van der Waals surface area (Å²) in [5.74, 6) is 0.898. The summed E-state index contributed by atoms with van der Waals surface area (Å²) in [6, 6.07) is 1.78. The van der Waals surface area contributed by atoms with Crippen molar-refractivity contribution in [2.24, 2.45) is 11.7 Å². The second-order valence-electron chi connectivity index (χ2n) is 11.1. The van der Waals surface area contributed by atoms with Crippen LogP contribution in [-0.4, -0.2) is 21.4 Å². The first kappa shape index (κ1) is 35.8.